The van der Waals surface area contributed by atoms with E-state index in [4.69, 9.17) is 0 Å². The SMILES string of the molecule is CCn1cc(C=C2C(=O)NC(=O)N(c3cc(C)cc(C)c3)C2=O)c2ccccc21. The zero-order valence-corrected chi connectivity index (χ0v) is 16.5. The van der Waals surface area contributed by atoms with E-state index in [0.717, 1.165) is 39.0 Å². The number of urea groups is 1. The maximum Gasteiger partial charge on any atom is 0.335 e. The minimum Gasteiger partial charge on any atom is -0.347 e. The number of benzene rings is 2. The topological polar surface area (TPSA) is 71.4 Å². The van der Waals surface area contributed by atoms with Crippen molar-refractivity contribution in [2.75, 3.05) is 4.90 Å². The number of aromatic nitrogens is 1. The molecule has 1 saturated heterocycles. The number of imide groups is 2. The quantitative estimate of drug-likeness (QED) is 0.546. The first kappa shape index (κ1) is 18.7. The standard InChI is InChI=1S/C23H21N3O3/c1-4-25-13-16(18-7-5-6-8-20(18)25)12-19-21(27)24-23(29)26(22(19)28)17-10-14(2)9-15(3)11-17/h5-13H,4H2,1-3H3,(H,24,27,29). The highest BCUT2D eigenvalue weighted by molar-refractivity contribution is 6.39. The summed E-state index contributed by atoms with van der Waals surface area (Å²) in [6, 6.07) is 12.5. The molecule has 0 bridgehead atoms. The van der Waals surface area contributed by atoms with Crippen LogP contribution in [-0.2, 0) is 16.1 Å². The van der Waals surface area contributed by atoms with Crippen molar-refractivity contribution in [1.29, 1.82) is 0 Å². The van der Waals surface area contributed by atoms with Crippen LogP contribution in [0.4, 0.5) is 10.5 Å². The summed E-state index contributed by atoms with van der Waals surface area (Å²) in [4.78, 5) is 39.1. The van der Waals surface area contributed by atoms with Gasteiger partial charge in [-0.05, 0) is 56.2 Å². The van der Waals surface area contributed by atoms with Crippen molar-refractivity contribution in [3.63, 3.8) is 0 Å². The number of hydrogen-bond acceptors (Lipinski definition) is 3. The lowest BCUT2D eigenvalue weighted by Gasteiger charge is -2.26. The molecule has 2 aromatic carbocycles. The van der Waals surface area contributed by atoms with Crippen molar-refractivity contribution in [2.45, 2.75) is 27.3 Å². The van der Waals surface area contributed by atoms with Gasteiger partial charge in [0.2, 0.25) is 0 Å². The molecular formula is C23H21N3O3. The van der Waals surface area contributed by atoms with Gasteiger partial charge in [0, 0.05) is 29.2 Å². The third-order valence-corrected chi connectivity index (χ3v) is 5.03. The highest BCUT2D eigenvalue weighted by Gasteiger charge is 2.37. The van der Waals surface area contributed by atoms with Gasteiger partial charge in [0.25, 0.3) is 11.8 Å². The van der Waals surface area contributed by atoms with E-state index in [1.807, 2.05) is 57.3 Å². The number of anilines is 1. The summed E-state index contributed by atoms with van der Waals surface area (Å²) in [5, 5.41) is 3.23. The molecule has 146 valence electrons. The van der Waals surface area contributed by atoms with Crippen molar-refractivity contribution < 1.29 is 14.4 Å². The van der Waals surface area contributed by atoms with E-state index in [2.05, 4.69) is 9.88 Å². The molecule has 4 rings (SSSR count). The minimum atomic E-state index is -0.738. The first-order chi connectivity index (χ1) is 13.9. The number of barbiturate groups is 1. The number of rotatable bonds is 3. The fourth-order valence-electron chi connectivity index (χ4n) is 3.78. The average Bonchev–Trinajstić information content (AvgIpc) is 3.02. The summed E-state index contributed by atoms with van der Waals surface area (Å²) in [6.07, 6.45) is 3.48. The molecule has 1 aliphatic heterocycles. The van der Waals surface area contributed by atoms with Crippen LogP contribution in [0.25, 0.3) is 17.0 Å². The number of para-hydroxylation sites is 1. The van der Waals surface area contributed by atoms with E-state index in [1.54, 1.807) is 18.2 Å². The van der Waals surface area contributed by atoms with Crippen LogP contribution in [0.3, 0.4) is 0 Å². The second-order valence-electron chi connectivity index (χ2n) is 7.19. The van der Waals surface area contributed by atoms with Gasteiger partial charge in [-0.15, -0.1) is 0 Å². The Kier molecular flexibility index (Phi) is 4.54. The van der Waals surface area contributed by atoms with E-state index >= 15 is 0 Å². The van der Waals surface area contributed by atoms with Gasteiger partial charge >= 0.3 is 6.03 Å². The molecule has 1 N–H and O–H groups in total. The monoisotopic (exact) mass is 387 g/mol. The van der Waals surface area contributed by atoms with Gasteiger partial charge in [-0.2, -0.15) is 0 Å². The number of amides is 4. The first-order valence-electron chi connectivity index (χ1n) is 9.46. The van der Waals surface area contributed by atoms with Crippen LogP contribution < -0.4 is 10.2 Å². The van der Waals surface area contributed by atoms with E-state index in [9.17, 15) is 14.4 Å². The smallest absolute Gasteiger partial charge is 0.335 e. The fraction of sp³-hybridized carbons (Fsp3) is 0.174. The Morgan fingerprint density at radius 2 is 1.69 bits per heavy atom. The Bertz CT molecular complexity index is 1180. The molecule has 6 nitrogen and oxygen atoms in total. The van der Waals surface area contributed by atoms with Crippen molar-refractivity contribution in [1.82, 2.24) is 9.88 Å². The molecule has 1 aliphatic rings. The average molecular weight is 387 g/mol. The second kappa shape index (κ2) is 7.05. The van der Waals surface area contributed by atoms with Crippen LogP contribution in [-0.4, -0.2) is 22.4 Å². The lowest BCUT2D eigenvalue weighted by Crippen LogP contribution is -2.54. The van der Waals surface area contributed by atoms with Crippen molar-refractivity contribution >= 4 is 40.5 Å². The van der Waals surface area contributed by atoms with Crippen LogP contribution in [0.15, 0.2) is 54.2 Å². The maximum absolute atomic E-state index is 13.2. The number of nitrogens with zero attached hydrogens (tertiary/aromatic N) is 2. The molecule has 0 aliphatic carbocycles. The summed E-state index contributed by atoms with van der Waals surface area (Å²) >= 11 is 0. The van der Waals surface area contributed by atoms with Gasteiger partial charge in [0.15, 0.2) is 0 Å². The number of fused-ring (bicyclic) bond motifs is 1. The Hall–Kier alpha value is -3.67. The second-order valence-corrected chi connectivity index (χ2v) is 7.19. The lowest BCUT2D eigenvalue weighted by molar-refractivity contribution is -0.122. The molecule has 1 aromatic heterocycles. The van der Waals surface area contributed by atoms with Gasteiger partial charge in [0.1, 0.15) is 5.57 Å². The molecule has 29 heavy (non-hydrogen) atoms. The number of nitrogens with one attached hydrogen (secondary N) is 1. The van der Waals surface area contributed by atoms with E-state index in [-0.39, 0.29) is 5.57 Å². The highest BCUT2D eigenvalue weighted by Crippen LogP contribution is 2.27. The van der Waals surface area contributed by atoms with Gasteiger partial charge in [-0.25, -0.2) is 9.69 Å². The number of carbonyl (C=O) groups is 3. The molecule has 0 unspecified atom stereocenters. The fourth-order valence-corrected chi connectivity index (χ4v) is 3.78. The Balaban J connectivity index is 1.82. The van der Waals surface area contributed by atoms with E-state index < -0.39 is 17.8 Å². The van der Waals surface area contributed by atoms with Gasteiger partial charge in [0.05, 0.1) is 5.69 Å². The number of hydrogen-bond donors (Lipinski definition) is 1. The molecule has 6 heteroatoms. The summed E-state index contributed by atoms with van der Waals surface area (Å²) < 4.78 is 2.06. The molecule has 4 amide bonds. The number of carbonyl (C=O) groups excluding carboxylic acids is 3. The molecule has 3 aromatic rings. The molecule has 0 atom stereocenters. The van der Waals surface area contributed by atoms with Crippen LogP contribution in [0.2, 0.25) is 0 Å². The first-order valence-corrected chi connectivity index (χ1v) is 9.46. The Morgan fingerprint density at radius 1 is 1.00 bits per heavy atom. The Morgan fingerprint density at radius 3 is 2.38 bits per heavy atom. The Labute approximate surface area is 168 Å². The highest BCUT2D eigenvalue weighted by atomic mass is 16.2. The lowest BCUT2D eigenvalue weighted by atomic mass is 10.0. The van der Waals surface area contributed by atoms with Gasteiger partial charge < -0.3 is 4.57 Å². The summed E-state index contributed by atoms with van der Waals surface area (Å²) in [5.41, 5.74) is 4.01. The zero-order valence-electron chi connectivity index (χ0n) is 16.5. The molecular weight excluding hydrogens is 366 g/mol. The van der Waals surface area contributed by atoms with Crippen LogP contribution >= 0.6 is 0 Å². The van der Waals surface area contributed by atoms with Crippen molar-refractivity contribution in [2.24, 2.45) is 0 Å². The molecule has 0 saturated carbocycles. The summed E-state index contributed by atoms with van der Waals surface area (Å²) in [6.45, 7) is 6.58. The van der Waals surface area contributed by atoms with E-state index in [1.165, 1.54) is 0 Å². The maximum atomic E-state index is 13.2. The molecule has 1 fully saturated rings. The number of aryl methyl sites for hydroxylation is 3. The third kappa shape index (κ3) is 3.23. The third-order valence-electron chi connectivity index (χ3n) is 5.03. The minimum absolute atomic E-state index is 0.0669. The summed E-state index contributed by atoms with van der Waals surface area (Å²) in [5.74, 6) is -1.31. The van der Waals surface area contributed by atoms with Crippen LogP contribution in [0, 0.1) is 13.8 Å². The molecule has 0 radical (unpaired) electrons. The van der Waals surface area contributed by atoms with Gasteiger partial charge in [-0.1, -0.05) is 24.3 Å². The largest absolute Gasteiger partial charge is 0.347 e. The van der Waals surface area contributed by atoms with Gasteiger partial charge in [-0.3, -0.25) is 14.9 Å². The van der Waals surface area contributed by atoms with E-state index in [0.29, 0.717) is 5.69 Å². The van der Waals surface area contributed by atoms with Crippen molar-refractivity contribution in [3.05, 3.63) is 70.9 Å². The van der Waals surface area contributed by atoms with Crippen LogP contribution in [0.1, 0.15) is 23.6 Å². The van der Waals surface area contributed by atoms with Crippen molar-refractivity contribution in [3.8, 4) is 0 Å². The zero-order chi connectivity index (χ0) is 20.7. The molecule has 2 heterocycles. The van der Waals surface area contributed by atoms with Crippen LogP contribution in [0.5, 0.6) is 0 Å². The summed E-state index contributed by atoms with van der Waals surface area (Å²) in [7, 11) is 0. The normalized spacial score (nSPS) is 16.0. The predicted octanol–water partition coefficient (Wildman–Crippen LogP) is 3.94. The molecule has 0 spiro atoms. The predicted molar refractivity (Wildman–Crippen MR) is 113 cm³/mol.